The first kappa shape index (κ1) is 9.92. The number of carbonyl (C=O) groups excluding carboxylic acids is 1. The number of hydrogen-bond acceptors (Lipinski definition) is 3. The second-order valence-corrected chi connectivity index (χ2v) is 3.70. The first-order valence-electron chi connectivity index (χ1n) is 4.08. The third kappa shape index (κ3) is 2.07. The molecule has 0 amide bonds. The van der Waals surface area contributed by atoms with Crippen molar-refractivity contribution in [3.8, 4) is 0 Å². The lowest BCUT2D eigenvalue weighted by molar-refractivity contribution is 0.104. The third-order valence-corrected chi connectivity index (χ3v) is 2.53. The van der Waals surface area contributed by atoms with Gasteiger partial charge in [-0.05, 0) is 29.7 Å². The van der Waals surface area contributed by atoms with Gasteiger partial charge in [-0.1, -0.05) is 0 Å². The van der Waals surface area contributed by atoms with E-state index in [0.717, 1.165) is 29.7 Å². The predicted octanol–water partition coefficient (Wildman–Crippen LogP) is 2.65. The van der Waals surface area contributed by atoms with E-state index >= 15 is 0 Å². The summed E-state index contributed by atoms with van der Waals surface area (Å²) in [5, 5.41) is 0. The van der Waals surface area contributed by atoms with Gasteiger partial charge in [0.15, 0.2) is 0 Å². The zero-order valence-electron chi connectivity index (χ0n) is 7.41. The van der Waals surface area contributed by atoms with Crippen LogP contribution in [0.2, 0.25) is 0 Å². The fraction of sp³-hybridized carbons (Fsp3) is 0. The molecule has 0 aliphatic rings. The highest BCUT2D eigenvalue weighted by Gasteiger charge is 2.12. The van der Waals surface area contributed by atoms with Crippen LogP contribution in [0.4, 0.5) is 8.78 Å². The average Bonchev–Trinajstić information content (AvgIpc) is 2.67. The standard InChI is InChI=1S/C10H5F2NOS/c11-7-3-6(4-8(12)5-7)10(14)9-1-2-13-15-9/h1-5H. The van der Waals surface area contributed by atoms with E-state index in [1.165, 1.54) is 12.3 Å². The molecule has 0 saturated heterocycles. The first-order chi connectivity index (χ1) is 7.16. The van der Waals surface area contributed by atoms with Crippen molar-refractivity contribution in [3.05, 3.63) is 52.5 Å². The molecule has 15 heavy (non-hydrogen) atoms. The van der Waals surface area contributed by atoms with E-state index in [1.54, 1.807) is 0 Å². The van der Waals surface area contributed by atoms with E-state index in [0.29, 0.717) is 4.88 Å². The lowest BCUT2D eigenvalue weighted by Gasteiger charge is -1.98. The van der Waals surface area contributed by atoms with Crippen LogP contribution in [-0.2, 0) is 0 Å². The monoisotopic (exact) mass is 225 g/mol. The smallest absolute Gasteiger partial charge is 0.204 e. The number of hydrogen-bond donors (Lipinski definition) is 0. The number of aromatic nitrogens is 1. The van der Waals surface area contributed by atoms with Gasteiger partial charge in [0.05, 0.1) is 4.88 Å². The van der Waals surface area contributed by atoms with Crippen molar-refractivity contribution in [1.82, 2.24) is 4.37 Å². The summed E-state index contributed by atoms with van der Waals surface area (Å²) in [4.78, 5) is 12.0. The van der Waals surface area contributed by atoms with Gasteiger partial charge in [-0.2, -0.15) is 0 Å². The summed E-state index contributed by atoms with van der Waals surface area (Å²) in [6.45, 7) is 0. The summed E-state index contributed by atoms with van der Waals surface area (Å²) < 4.78 is 29.4. The summed E-state index contributed by atoms with van der Waals surface area (Å²) in [6.07, 6.45) is 1.47. The van der Waals surface area contributed by atoms with Crippen molar-refractivity contribution in [2.24, 2.45) is 0 Å². The molecule has 1 aromatic heterocycles. The Bertz CT molecular complexity index is 476. The molecule has 0 saturated carbocycles. The van der Waals surface area contributed by atoms with E-state index in [9.17, 15) is 13.6 Å². The second kappa shape index (κ2) is 3.86. The van der Waals surface area contributed by atoms with Crippen molar-refractivity contribution in [2.75, 3.05) is 0 Å². The Labute approximate surface area is 88.3 Å². The molecule has 2 nitrogen and oxygen atoms in total. The average molecular weight is 225 g/mol. The Morgan fingerprint density at radius 3 is 2.40 bits per heavy atom. The lowest BCUT2D eigenvalue weighted by atomic mass is 10.1. The van der Waals surface area contributed by atoms with Crippen LogP contribution in [0.5, 0.6) is 0 Å². The summed E-state index contributed by atoms with van der Waals surface area (Å²) >= 11 is 0.993. The lowest BCUT2D eigenvalue weighted by Crippen LogP contribution is -2.00. The minimum atomic E-state index is -0.761. The maximum Gasteiger partial charge on any atom is 0.204 e. The molecule has 0 radical (unpaired) electrons. The fourth-order valence-electron chi connectivity index (χ4n) is 1.16. The number of carbonyl (C=O) groups is 1. The Morgan fingerprint density at radius 2 is 1.87 bits per heavy atom. The maximum absolute atomic E-state index is 12.8. The zero-order valence-corrected chi connectivity index (χ0v) is 8.22. The molecule has 5 heteroatoms. The van der Waals surface area contributed by atoms with Crippen LogP contribution in [-0.4, -0.2) is 10.2 Å². The SMILES string of the molecule is O=C(c1cc(F)cc(F)c1)c1ccns1. The fourth-order valence-corrected chi connectivity index (χ4v) is 1.72. The van der Waals surface area contributed by atoms with Gasteiger partial charge in [-0.25, -0.2) is 13.2 Å². The zero-order chi connectivity index (χ0) is 10.8. The van der Waals surface area contributed by atoms with Gasteiger partial charge in [0, 0.05) is 17.8 Å². The molecule has 76 valence electrons. The number of benzene rings is 1. The molecule has 1 aromatic carbocycles. The van der Waals surface area contributed by atoms with Crippen LogP contribution in [0.15, 0.2) is 30.5 Å². The number of ketones is 1. The Balaban J connectivity index is 2.42. The highest BCUT2D eigenvalue weighted by molar-refractivity contribution is 7.08. The van der Waals surface area contributed by atoms with Crippen molar-refractivity contribution in [3.63, 3.8) is 0 Å². The normalized spacial score (nSPS) is 10.3. The first-order valence-corrected chi connectivity index (χ1v) is 4.85. The van der Waals surface area contributed by atoms with Crippen LogP contribution in [0.25, 0.3) is 0 Å². The summed E-state index contributed by atoms with van der Waals surface area (Å²) in [5.41, 5.74) is -0.00301. The minimum absolute atomic E-state index is 0.00301. The molecule has 2 aromatic rings. The maximum atomic E-state index is 12.8. The Kier molecular flexibility index (Phi) is 2.55. The van der Waals surface area contributed by atoms with Crippen LogP contribution in [0.1, 0.15) is 15.2 Å². The summed E-state index contributed by atoms with van der Waals surface area (Å²) in [6, 6.07) is 4.25. The van der Waals surface area contributed by atoms with Crippen LogP contribution < -0.4 is 0 Å². The highest BCUT2D eigenvalue weighted by Crippen LogP contribution is 2.15. The summed E-state index contributed by atoms with van der Waals surface area (Å²) in [7, 11) is 0. The van der Waals surface area contributed by atoms with Crippen LogP contribution in [0.3, 0.4) is 0 Å². The Morgan fingerprint density at radius 1 is 1.20 bits per heavy atom. The van der Waals surface area contributed by atoms with Gasteiger partial charge in [0.25, 0.3) is 0 Å². The summed E-state index contributed by atoms with van der Waals surface area (Å²) in [5.74, 6) is -1.94. The van der Waals surface area contributed by atoms with Crippen molar-refractivity contribution in [2.45, 2.75) is 0 Å². The van der Waals surface area contributed by atoms with Gasteiger partial charge >= 0.3 is 0 Å². The topological polar surface area (TPSA) is 30.0 Å². The largest absolute Gasteiger partial charge is 0.288 e. The van der Waals surface area contributed by atoms with Crippen molar-refractivity contribution in [1.29, 1.82) is 0 Å². The van der Waals surface area contributed by atoms with Gasteiger partial charge in [-0.15, -0.1) is 0 Å². The van der Waals surface area contributed by atoms with E-state index in [4.69, 9.17) is 0 Å². The molecule has 0 aliphatic carbocycles. The minimum Gasteiger partial charge on any atom is -0.288 e. The molecule has 0 bridgehead atoms. The van der Waals surface area contributed by atoms with Gasteiger partial charge < -0.3 is 0 Å². The van der Waals surface area contributed by atoms with Crippen LogP contribution >= 0.6 is 11.5 Å². The van der Waals surface area contributed by atoms with Crippen molar-refractivity contribution < 1.29 is 13.6 Å². The molecule has 0 fully saturated rings. The number of halogens is 2. The molecule has 0 unspecified atom stereocenters. The quantitative estimate of drug-likeness (QED) is 0.735. The number of rotatable bonds is 2. The molecule has 0 N–H and O–H groups in total. The van der Waals surface area contributed by atoms with Gasteiger partial charge in [-0.3, -0.25) is 4.79 Å². The van der Waals surface area contributed by atoms with E-state index in [-0.39, 0.29) is 5.56 Å². The van der Waals surface area contributed by atoms with Gasteiger partial charge in [0.1, 0.15) is 11.6 Å². The van der Waals surface area contributed by atoms with E-state index in [2.05, 4.69) is 4.37 Å². The second-order valence-electron chi connectivity index (χ2n) is 2.86. The molecule has 0 spiro atoms. The predicted molar refractivity (Wildman–Crippen MR) is 51.9 cm³/mol. The third-order valence-electron chi connectivity index (χ3n) is 1.79. The van der Waals surface area contributed by atoms with Gasteiger partial charge in [0.2, 0.25) is 5.78 Å². The van der Waals surface area contributed by atoms with E-state index in [1.807, 2.05) is 0 Å². The Hall–Kier alpha value is -1.62. The highest BCUT2D eigenvalue weighted by atomic mass is 32.1. The van der Waals surface area contributed by atoms with Crippen molar-refractivity contribution >= 4 is 17.3 Å². The molecular weight excluding hydrogens is 220 g/mol. The molecule has 1 heterocycles. The molecule has 0 atom stereocenters. The molecule has 2 rings (SSSR count). The van der Waals surface area contributed by atoms with E-state index < -0.39 is 17.4 Å². The molecular formula is C10H5F2NOS. The van der Waals surface area contributed by atoms with Crippen LogP contribution in [0, 0.1) is 11.6 Å². The molecule has 0 aliphatic heterocycles. The number of nitrogens with zero attached hydrogens (tertiary/aromatic N) is 1.